The molecule has 102 valence electrons. The van der Waals surface area contributed by atoms with Crippen molar-refractivity contribution < 1.29 is 14.2 Å². The van der Waals surface area contributed by atoms with E-state index in [1.54, 1.807) is 7.11 Å². The second kappa shape index (κ2) is 10.1. The van der Waals surface area contributed by atoms with Crippen LogP contribution in [-0.4, -0.2) is 27.1 Å². The van der Waals surface area contributed by atoms with E-state index in [-0.39, 0.29) is 0 Å². The Morgan fingerprint density at radius 3 is 2.33 bits per heavy atom. The predicted molar refractivity (Wildman–Crippen MR) is 72.3 cm³/mol. The van der Waals surface area contributed by atoms with E-state index in [9.17, 15) is 0 Å². The highest BCUT2D eigenvalue weighted by atomic mass is 16.7. The first-order chi connectivity index (χ1) is 8.83. The third-order valence-corrected chi connectivity index (χ3v) is 2.82. The topological polar surface area (TPSA) is 27.7 Å². The minimum Gasteiger partial charge on any atom is -0.377 e. The molecule has 3 nitrogen and oxygen atoms in total. The van der Waals surface area contributed by atoms with Crippen molar-refractivity contribution in [3.8, 4) is 0 Å². The van der Waals surface area contributed by atoms with Crippen molar-refractivity contribution in [2.75, 3.05) is 27.1 Å². The summed E-state index contributed by atoms with van der Waals surface area (Å²) >= 11 is 0. The van der Waals surface area contributed by atoms with Gasteiger partial charge in [-0.3, -0.25) is 0 Å². The second-order valence-electron chi connectivity index (χ2n) is 4.54. The molecular weight excluding hydrogens is 228 g/mol. The molecule has 0 aliphatic carbocycles. The van der Waals surface area contributed by atoms with Crippen LogP contribution in [0.4, 0.5) is 0 Å². The van der Waals surface area contributed by atoms with Gasteiger partial charge in [0.25, 0.3) is 0 Å². The molecule has 1 aromatic carbocycles. The molecule has 0 saturated carbocycles. The molecule has 0 spiro atoms. The Kier molecular flexibility index (Phi) is 8.47. The van der Waals surface area contributed by atoms with Crippen molar-refractivity contribution in [3.63, 3.8) is 0 Å². The second-order valence-corrected chi connectivity index (χ2v) is 4.54. The summed E-state index contributed by atoms with van der Waals surface area (Å²) in [5.74, 6) is 0.623. The normalized spacial score (nSPS) is 12.6. The van der Waals surface area contributed by atoms with Crippen molar-refractivity contribution in [1.29, 1.82) is 0 Å². The molecule has 0 aliphatic heterocycles. The van der Waals surface area contributed by atoms with E-state index in [0.29, 0.717) is 19.3 Å². The molecule has 0 fully saturated rings. The van der Waals surface area contributed by atoms with Crippen molar-refractivity contribution in [3.05, 3.63) is 35.9 Å². The third-order valence-electron chi connectivity index (χ3n) is 2.82. The Morgan fingerprint density at radius 1 is 1.00 bits per heavy atom. The van der Waals surface area contributed by atoms with Crippen LogP contribution >= 0.6 is 0 Å². The van der Waals surface area contributed by atoms with Gasteiger partial charge in [0.15, 0.2) is 0 Å². The lowest BCUT2D eigenvalue weighted by Gasteiger charge is -2.11. The van der Waals surface area contributed by atoms with Crippen molar-refractivity contribution in [2.24, 2.45) is 5.92 Å². The van der Waals surface area contributed by atoms with Crippen LogP contribution in [-0.2, 0) is 20.8 Å². The molecule has 1 atom stereocenters. The Labute approximate surface area is 110 Å². The molecule has 0 bridgehead atoms. The van der Waals surface area contributed by atoms with E-state index in [1.165, 1.54) is 5.56 Å². The van der Waals surface area contributed by atoms with Gasteiger partial charge in [0.05, 0.1) is 6.61 Å². The smallest absolute Gasteiger partial charge is 0.146 e. The van der Waals surface area contributed by atoms with Crippen molar-refractivity contribution in [1.82, 2.24) is 0 Å². The van der Waals surface area contributed by atoms with E-state index in [0.717, 1.165) is 26.1 Å². The summed E-state index contributed by atoms with van der Waals surface area (Å²) in [5.41, 5.74) is 1.23. The fraction of sp³-hybridized carbons (Fsp3) is 0.600. The van der Waals surface area contributed by atoms with E-state index in [4.69, 9.17) is 14.2 Å². The van der Waals surface area contributed by atoms with Gasteiger partial charge in [-0.05, 0) is 24.3 Å². The minimum atomic E-state index is 0.386. The summed E-state index contributed by atoms with van der Waals surface area (Å²) < 4.78 is 15.7. The molecule has 0 heterocycles. The lowest BCUT2D eigenvalue weighted by Crippen LogP contribution is -2.07. The van der Waals surface area contributed by atoms with Crippen LogP contribution in [0.5, 0.6) is 0 Å². The Bertz CT molecular complexity index is 287. The molecule has 0 aromatic heterocycles. The highest BCUT2D eigenvalue weighted by molar-refractivity contribution is 5.13. The largest absolute Gasteiger partial charge is 0.377 e. The Morgan fingerprint density at radius 2 is 1.67 bits per heavy atom. The van der Waals surface area contributed by atoms with Gasteiger partial charge in [0.1, 0.15) is 6.79 Å². The van der Waals surface area contributed by atoms with E-state index >= 15 is 0 Å². The zero-order valence-corrected chi connectivity index (χ0v) is 11.4. The maximum Gasteiger partial charge on any atom is 0.146 e. The standard InChI is InChI=1S/C15H24O3/c1-14(9-11-18-13-16-2)8-10-17-12-15-6-4-3-5-7-15/h3-7,14H,8-13H2,1-2H3. The van der Waals surface area contributed by atoms with Crippen LogP contribution in [0, 0.1) is 5.92 Å². The number of ether oxygens (including phenoxy) is 3. The fourth-order valence-electron chi connectivity index (χ4n) is 1.62. The number of methoxy groups -OCH3 is 1. The summed E-state index contributed by atoms with van der Waals surface area (Å²) in [6.45, 7) is 4.88. The van der Waals surface area contributed by atoms with Gasteiger partial charge in [0, 0.05) is 20.3 Å². The number of rotatable bonds is 10. The van der Waals surface area contributed by atoms with Gasteiger partial charge in [-0.1, -0.05) is 37.3 Å². The maximum absolute atomic E-state index is 5.65. The average Bonchev–Trinajstić information content (AvgIpc) is 2.41. The van der Waals surface area contributed by atoms with E-state index in [2.05, 4.69) is 19.1 Å². The first kappa shape index (κ1) is 15.2. The van der Waals surface area contributed by atoms with Crippen LogP contribution < -0.4 is 0 Å². The molecule has 0 radical (unpaired) electrons. The summed E-state index contributed by atoms with van der Waals surface area (Å²) in [4.78, 5) is 0. The van der Waals surface area contributed by atoms with Crippen LogP contribution in [0.1, 0.15) is 25.3 Å². The van der Waals surface area contributed by atoms with Gasteiger partial charge < -0.3 is 14.2 Å². The average molecular weight is 252 g/mol. The zero-order valence-electron chi connectivity index (χ0n) is 11.4. The molecule has 3 heteroatoms. The van der Waals surface area contributed by atoms with E-state index in [1.807, 2.05) is 18.2 Å². The summed E-state index contributed by atoms with van der Waals surface area (Å²) in [7, 11) is 1.64. The Hall–Kier alpha value is -0.900. The first-order valence-electron chi connectivity index (χ1n) is 6.51. The fourth-order valence-corrected chi connectivity index (χ4v) is 1.62. The molecule has 0 aliphatic rings. The summed E-state index contributed by atoms with van der Waals surface area (Å²) in [5, 5.41) is 0. The van der Waals surface area contributed by atoms with Gasteiger partial charge in [-0.25, -0.2) is 0 Å². The van der Waals surface area contributed by atoms with Crippen molar-refractivity contribution in [2.45, 2.75) is 26.4 Å². The molecule has 1 rings (SSSR count). The van der Waals surface area contributed by atoms with Crippen molar-refractivity contribution >= 4 is 0 Å². The van der Waals surface area contributed by atoms with Gasteiger partial charge in [-0.2, -0.15) is 0 Å². The summed E-state index contributed by atoms with van der Waals surface area (Å²) in [6, 6.07) is 10.3. The molecule has 0 saturated heterocycles. The van der Waals surface area contributed by atoms with Gasteiger partial charge in [-0.15, -0.1) is 0 Å². The van der Waals surface area contributed by atoms with Crippen LogP contribution in [0.2, 0.25) is 0 Å². The summed E-state index contributed by atoms with van der Waals surface area (Å²) in [6.07, 6.45) is 2.13. The van der Waals surface area contributed by atoms with Gasteiger partial charge in [0.2, 0.25) is 0 Å². The number of hydrogen-bond donors (Lipinski definition) is 0. The Balaban J connectivity index is 1.97. The predicted octanol–water partition coefficient (Wildman–Crippen LogP) is 3.24. The third kappa shape index (κ3) is 7.43. The highest BCUT2D eigenvalue weighted by Crippen LogP contribution is 2.09. The molecular formula is C15H24O3. The monoisotopic (exact) mass is 252 g/mol. The lowest BCUT2D eigenvalue weighted by atomic mass is 10.1. The molecule has 0 N–H and O–H groups in total. The van der Waals surface area contributed by atoms with Crippen LogP contribution in [0.15, 0.2) is 30.3 Å². The first-order valence-corrected chi connectivity index (χ1v) is 6.51. The highest BCUT2D eigenvalue weighted by Gasteiger charge is 2.02. The van der Waals surface area contributed by atoms with Gasteiger partial charge >= 0.3 is 0 Å². The van der Waals surface area contributed by atoms with E-state index < -0.39 is 0 Å². The molecule has 1 unspecified atom stereocenters. The number of hydrogen-bond acceptors (Lipinski definition) is 3. The molecule has 0 amide bonds. The number of benzene rings is 1. The van der Waals surface area contributed by atoms with Crippen LogP contribution in [0.3, 0.4) is 0 Å². The molecule has 18 heavy (non-hydrogen) atoms. The minimum absolute atomic E-state index is 0.386. The maximum atomic E-state index is 5.65. The lowest BCUT2D eigenvalue weighted by molar-refractivity contribution is -0.0348. The quantitative estimate of drug-likeness (QED) is 0.472. The van der Waals surface area contributed by atoms with Crippen LogP contribution in [0.25, 0.3) is 0 Å². The SMILES string of the molecule is COCOCCC(C)CCOCc1ccccc1. The zero-order chi connectivity index (χ0) is 13.1. The molecule has 1 aromatic rings.